The second-order valence-corrected chi connectivity index (χ2v) is 16.1. The molecule has 2 aromatic heterocycles. The number of thioether (sulfide) groups is 1. The molecule has 16 heteroatoms. The zero-order chi connectivity index (χ0) is 37.2. The molecule has 2 N–H and O–H groups in total. The lowest BCUT2D eigenvalue weighted by Crippen LogP contribution is -2.49. The summed E-state index contributed by atoms with van der Waals surface area (Å²) in [5.74, 6) is 1.63. The lowest BCUT2D eigenvalue weighted by atomic mass is 9.98. The van der Waals surface area contributed by atoms with Gasteiger partial charge in [-0.1, -0.05) is 0 Å². The smallest absolute Gasteiger partial charge is 0.329 e. The first-order valence-electron chi connectivity index (χ1n) is 19.1. The van der Waals surface area contributed by atoms with E-state index in [0.717, 1.165) is 108 Å². The highest BCUT2D eigenvalue weighted by Gasteiger charge is 2.29. The number of aryl methyl sites for hydroxylation is 1. The van der Waals surface area contributed by atoms with Crippen molar-refractivity contribution in [2.75, 3.05) is 88.5 Å². The minimum absolute atomic E-state index is 0.0244. The van der Waals surface area contributed by atoms with Gasteiger partial charge in [-0.3, -0.25) is 29.4 Å². The molecule has 0 unspecified atom stereocenters. The van der Waals surface area contributed by atoms with Crippen molar-refractivity contribution in [2.24, 2.45) is 13.0 Å². The Labute approximate surface area is 317 Å². The van der Waals surface area contributed by atoms with Gasteiger partial charge in [-0.15, -0.1) is 0 Å². The van der Waals surface area contributed by atoms with Crippen molar-refractivity contribution in [3.63, 3.8) is 0 Å². The third kappa shape index (κ3) is 8.21. The van der Waals surface area contributed by atoms with Crippen LogP contribution in [0.5, 0.6) is 5.75 Å². The van der Waals surface area contributed by atoms with Crippen LogP contribution in [0, 0.1) is 11.7 Å². The van der Waals surface area contributed by atoms with Crippen LogP contribution >= 0.6 is 11.8 Å². The highest BCUT2D eigenvalue weighted by Crippen LogP contribution is 2.31. The monoisotopic (exact) mass is 761 g/mol. The van der Waals surface area contributed by atoms with Gasteiger partial charge in [0.15, 0.2) is 5.82 Å². The number of fused-ring (bicyclic) bond motifs is 2. The number of hydrogen-bond acceptors (Lipinski definition) is 11. The van der Waals surface area contributed by atoms with Crippen LogP contribution in [-0.2, 0) is 22.3 Å². The Morgan fingerprint density at radius 3 is 2.46 bits per heavy atom. The largest absolute Gasteiger partial charge is 0.493 e. The predicted molar refractivity (Wildman–Crippen MR) is 207 cm³/mol. The Balaban J connectivity index is 0.777. The summed E-state index contributed by atoms with van der Waals surface area (Å²) < 4.78 is 28.4. The number of carbonyl (C=O) groups excluding carboxylic acids is 2. The lowest BCUT2D eigenvalue weighted by molar-refractivity contribution is -0.120. The summed E-state index contributed by atoms with van der Waals surface area (Å²) >= 11 is 1.76. The van der Waals surface area contributed by atoms with Crippen LogP contribution in [0.2, 0.25) is 0 Å². The number of aromatic nitrogens is 4. The van der Waals surface area contributed by atoms with Crippen molar-refractivity contribution in [3.8, 4) is 5.75 Å². The molecular formula is C38H48FN9O5S. The molecule has 4 aliphatic heterocycles. The number of nitrogens with one attached hydrogen (secondary N) is 2. The number of carbonyl (C=O) groups is 2. The molecule has 4 saturated heterocycles. The number of urea groups is 1. The number of likely N-dealkylation sites (tertiary alicyclic amines) is 1. The number of piperazine rings is 1. The van der Waals surface area contributed by atoms with Crippen LogP contribution < -0.4 is 25.4 Å². The van der Waals surface area contributed by atoms with Gasteiger partial charge in [-0.2, -0.15) is 16.9 Å². The van der Waals surface area contributed by atoms with Gasteiger partial charge in [0, 0.05) is 101 Å². The number of aromatic amines is 1. The number of halogens is 1. The first kappa shape index (κ1) is 36.7. The molecule has 3 amide bonds. The quantitative estimate of drug-likeness (QED) is 0.231. The van der Waals surface area contributed by atoms with E-state index >= 15 is 4.39 Å². The molecule has 54 heavy (non-hydrogen) atoms. The third-order valence-electron chi connectivity index (χ3n) is 11.2. The number of piperidine rings is 1. The average molecular weight is 762 g/mol. The maximum absolute atomic E-state index is 15.0. The number of imide groups is 1. The molecule has 0 atom stereocenters. The Kier molecular flexibility index (Phi) is 11.0. The van der Waals surface area contributed by atoms with Crippen LogP contribution in [0.3, 0.4) is 0 Å². The highest BCUT2D eigenvalue weighted by molar-refractivity contribution is 7.99. The molecule has 0 bridgehead atoms. The zero-order valence-corrected chi connectivity index (χ0v) is 31.5. The van der Waals surface area contributed by atoms with Crippen molar-refractivity contribution in [3.05, 3.63) is 52.3 Å². The van der Waals surface area contributed by atoms with Gasteiger partial charge in [-0.05, 0) is 62.9 Å². The number of nitrogens with zero attached hydrogens (tertiary/aromatic N) is 7. The first-order chi connectivity index (χ1) is 26.3. The van der Waals surface area contributed by atoms with Crippen molar-refractivity contribution < 1.29 is 23.5 Å². The van der Waals surface area contributed by atoms with Crippen LogP contribution in [0.15, 0.2) is 35.1 Å². The number of benzene rings is 2. The molecule has 4 aromatic rings. The van der Waals surface area contributed by atoms with Gasteiger partial charge < -0.3 is 24.3 Å². The van der Waals surface area contributed by atoms with Gasteiger partial charge in [0.25, 0.3) is 5.56 Å². The van der Waals surface area contributed by atoms with Crippen LogP contribution in [0.1, 0.15) is 37.9 Å². The topological polar surface area (TPSA) is 141 Å². The maximum atomic E-state index is 15.0. The van der Waals surface area contributed by atoms with E-state index in [1.807, 2.05) is 13.1 Å². The SMILES string of the molecule is Cn1nc(N2CCC(=O)NC2=O)c2ccc(N3CCN(CCN4CCC(COc5cc(F)c6c(=O)[nH]c(CSC7CCOCC7)nc6c5)CC4)CC3)cc21. The zero-order valence-electron chi connectivity index (χ0n) is 30.7. The third-order valence-corrected chi connectivity index (χ3v) is 12.6. The molecule has 6 heterocycles. The molecule has 0 spiro atoms. The van der Waals surface area contributed by atoms with Gasteiger partial charge in [-0.25, -0.2) is 14.2 Å². The molecule has 0 radical (unpaired) electrons. The van der Waals surface area contributed by atoms with E-state index in [4.69, 9.17) is 9.47 Å². The van der Waals surface area contributed by atoms with E-state index in [0.29, 0.717) is 53.0 Å². The minimum atomic E-state index is -0.607. The van der Waals surface area contributed by atoms with Crippen molar-refractivity contribution in [2.45, 2.75) is 43.1 Å². The Hall–Kier alpha value is -4.25. The number of H-pyrrole nitrogens is 1. The molecule has 4 fully saturated rings. The molecular weight excluding hydrogens is 714 g/mol. The van der Waals surface area contributed by atoms with E-state index in [1.54, 1.807) is 27.4 Å². The van der Waals surface area contributed by atoms with Gasteiger partial charge in [0.05, 0.1) is 23.4 Å². The molecule has 8 rings (SSSR count). The first-order valence-corrected chi connectivity index (χ1v) is 20.1. The molecule has 0 saturated carbocycles. The van der Waals surface area contributed by atoms with Crippen molar-refractivity contribution in [1.29, 1.82) is 0 Å². The maximum Gasteiger partial charge on any atom is 0.329 e. The second kappa shape index (κ2) is 16.2. The summed E-state index contributed by atoms with van der Waals surface area (Å²) in [7, 11) is 1.88. The van der Waals surface area contributed by atoms with E-state index in [2.05, 4.69) is 47.2 Å². The summed E-state index contributed by atoms with van der Waals surface area (Å²) in [5.41, 5.74) is 1.97. The fourth-order valence-electron chi connectivity index (χ4n) is 7.93. The van der Waals surface area contributed by atoms with Gasteiger partial charge in [0.1, 0.15) is 22.8 Å². The fraction of sp³-hybridized carbons (Fsp3) is 0.553. The molecule has 14 nitrogen and oxygen atoms in total. The van der Waals surface area contributed by atoms with E-state index in [9.17, 15) is 14.4 Å². The summed E-state index contributed by atoms with van der Waals surface area (Å²) in [5, 5.41) is 8.35. The summed E-state index contributed by atoms with van der Waals surface area (Å²) in [4.78, 5) is 53.2. The van der Waals surface area contributed by atoms with E-state index in [1.165, 1.54) is 6.07 Å². The summed E-state index contributed by atoms with van der Waals surface area (Å²) in [6.45, 7) is 10.3. The molecule has 0 aliphatic carbocycles. The summed E-state index contributed by atoms with van der Waals surface area (Å²) in [6.07, 6.45) is 4.27. The van der Waals surface area contributed by atoms with E-state index in [-0.39, 0.29) is 17.7 Å². The average Bonchev–Trinajstić information content (AvgIpc) is 3.51. The predicted octanol–water partition coefficient (Wildman–Crippen LogP) is 3.72. The van der Waals surface area contributed by atoms with Crippen molar-refractivity contribution >= 4 is 57.0 Å². The summed E-state index contributed by atoms with van der Waals surface area (Å²) in [6, 6.07) is 8.84. The second-order valence-electron chi connectivity index (χ2n) is 14.8. The van der Waals surface area contributed by atoms with Crippen LogP contribution in [0.25, 0.3) is 21.8 Å². The number of ether oxygens (including phenoxy) is 2. The van der Waals surface area contributed by atoms with Gasteiger partial charge in [0.2, 0.25) is 5.91 Å². The van der Waals surface area contributed by atoms with Crippen LogP contribution in [0.4, 0.5) is 20.7 Å². The number of hydrogen-bond donors (Lipinski definition) is 2. The Morgan fingerprint density at radius 1 is 0.944 bits per heavy atom. The standard InChI is InChI=1S/C38H48FN9O5S/c1-44-32-20-26(2-3-29(32)36(43-44)48-11-6-34(49)42-38(48)51)47-16-14-46(15-17-47)13-12-45-9-4-25(5-10-45)23-53-27-21-30(39)35-31(22-27)40-33(41-37(35)50)24-54-28-7-18-52-19-8-28/h2-3,20-22,25,28H,4-19,23-24H2,1H3,(H,40,41,50)(H,42,49,51). The number of amides is 3. The Morgan fingerprint density at radius 2 is 1.70 bits per heavy atom. The molecule has 288 valence electrons. The minimum Gasteiger partial charge on any atom is -0.493 e. The van der Waals surface area contributed by atoms with Crippen molar-refractivity contribution in [1.82, 2.24) is 34.9 Å². The number of rotatable bonds is 11. The molecule has 4 aliphatic rings. The van der Waals surface area contributed by atoms with E-state index < -0.39 is 17.4 Å². The number of anilines is 2. The fourth-order valence-corrected chi connectivity index (χ4v) is 8.99. The van der Waals surface area contributed by atoms with Gasteiger partial charge >= 0.3 is 6.03 Å². The normalized spacial score (nSPS) is 20.0. The Bertz CT molecular complexity index is 2050. The highest BCUT2D eigenvalue weighted by atomic mass is 32.2. The van der Waals surface area contributed by atoms with Crippen LogP contribution in [-0.4, -0.2) is 125 Å². The molecule has 2 aromatic carbocycles. The lowest BCUT2D eigenvalue weighted by Gasteiger charge is -2.38.